The Bertz CT molecular complexity index is 676. The van der Waals surface area contributed by atoms with Crippen LogP contribution in [0.2, 0.25) is 0 Å². The predicted octanol–water partition coefficient (Wildman–Crippen LogP) is 3.04. The lowest BCUT2D eigenvalue weighted by Gasteiger charge is -2.36. The zero-order valence-corrected chi connectivity index (χ0v) is 16.4. The SMILES string of the molecule is C=C(N/C(N)=N/N)C(=C)N1CCC(Cc2ccccc2C(C)(C)C)CC1. The molecule has 0 unspecified atom stereocenters. The maximum Gasteiger partial charge on any atom is 0.215 e. The van der Waals surface area contributed by atoms with E-state index in [1.807, 2.05) is 0 Å². The largest absolute Gasteiger partial charge is 0.370 e. The molecule has 1 aromatic rings. The zero-order valence-electron chi connectivity index (χ0n) is 16.4. The number of piperidine rings is 1. The quantitative estimate of drug-likeness (QED) is 0.249. The molecule has 1 aliphatic rings. The molecule has 0 bridgehead atoms. The van der Waals surface area contributed by atoms with Crippen LogP contribution in [-0.2, 0) is 11.8 Å². The first-order valence-corrected chi connectivity index (χ1v) is 9.24. The van der Waals surface area contributed by atoms with Crippen LogP contribution in [0.1, 0.15) is 44.7 Å². The first-order chi connectivity index (χ1) is 12.2. The van der Waals surface area contributed by atoms with Crippen molar-refractivity contribution >= 4 is 5.96 Å². The van der Waals surface area contributed by atoms with Crippen LogP contribution in [-0.4, -0.2) is 23.9 Å². The molecule has 1 saturated heterocycles. The lowest BCUT2D eigenvalue weighted by atomic mass is 9.80. The van der Waals surface area contributed by atoms with Crippen molar-refractivity contribution in [3.63, 3.8) is 0 Å². The van der Waals surface area contributed by atoms with E-state index < -0.39 is 0 Å². The van der Waals surface area contributed by atoms with Gasteiger partial charge in [-0.3, -0.25) is 0 Å². The third-order valence-electron chi connectivity index (χ3n) is 5.10. The number of hydrazone groups is 1. The summed E-state index contributed by atoms with van der Waals surface area (Å²) in [6, 6.07) is 8.85. The topological polar surface area (TPSA) is 79.7 Å². The highest BCUT2D eigenvalue weighted by atomic mass is 15.3. The summed E-state index contributed by atoms with van der Waals surface area (Å²) in [4.78, 5) is 2.26. The van der Waals surface area contributed by atoms with Crippen LogP contribution in [0.25, 0.3) is 0 Å². The summed E-state index contributed by atoms with van der Waals surface area (Å²) >= 11 is 0. The maximum atomic E-state index is 5.59. The van der Waals surface area contributed by atoms with Crippen LogP contribution >= 0.6 is 0 Å². The van der Waals surface area contributed by atoms with Gasteiger partial charge in [0.05, 0.1) is 11.4 Å². The van der Waals surface area contributed by atoms with Crippen LogP contribution < -0.4 is 16.9 Å². The van der Waals surface area contributed by atoms with E-state index in [0.29, 0.717) is 11.6 Å². The smallest absolute Gasteiger partial charge is 0.215 e. The van der Waals surface area contributed by atoms with Gasteiger partial charge in [-0.1, -0.05) is 58.2 Å². The van der Waals surface area contributed by atoms with Gasteiger partial charge >= 0.3 is 0 Å². The van der Waals surface area contributed by atoms with Crippen molar-refractivity contribution in [2.75, 3.05) is 13.1 Å². The van der Waals surface area contributed by atoms with Gasteiger partial charge < -0.3 is 21.8 Å². The molecular formula is C21H33N5. The Labute approximate surface area is 157 Å². The van der Waals surface area contributed by atoms with Crippen molar-refractivity contribution in [2.45, 2.75) is 45.4 Å². The molecule has 0 saturated carbocycles. The first-order valence-electron chi connectivity index (χ1n) is 9.24. The number of nitrogens with one attached hydrogen (secondary N) is 1. The minimum Gasteiger partial charge on any atom is -0.370 e. The molecule has 0 aliphatic carbocycles. The van der Waals surface area contributed by atoms with Crippen molar-refractivity contribution in [1.29, 1.82) is 0 Å². The highest BCUT2D eigenvalue weighted by molar-refractivity contribution is 5.79. The summed E-state index contributed by atoms with van der Waals surface area (Å²) in [6.45, 7) is 16.9. The van der Waals surface area contributed by atoms with Crippen molar-refractivity contribution < 1.29 is 0 Å². The average molecular weight is 356 g/mol. The minimum atomic E-state index is 0.143. The van der Waals surface area contributed by atoms with E-state index in [2.05, 4.69) is 73.5 Å². The van der Waals surface area contributed by atoms with Gasteiger partial charge in [-0.05, 0) is 41.7 Å². The van der Waals surface area contributed by atoms with Gasteiger partial charge in [-0.2, -0.15) is 0 Å². The van der Waals surface area contributed by atoms with Crippen molar-refractivity contribution in [3.8, 4) is 0 Å². The normalized spacial score (nSPS) is 16.4. The first kappa shape index (κ1) is 19.9. The number of hydrogen-bond acceptors (Lipinski definition) is 3. The number of benzene rings is 1. The molecule has 5 heteroatoms. The van der Waals surface area contributed by atoms with Crippen LogP contribution in [0.3, 0.4) is 0 Å². The maximum absolute atomic E-state index is 5.59. The number of nitrogens with two attached hydrogens (primary N) is 2. The van der Waals surface area contributed by atoms with E-state index in [4.69, 9.17) is 11.6 Å². The Morgan fingerprint density at radius 1 is 1.23 bits per heavy atom. The second kappa shape index (κ2) is 8.30. The molecule has 142 valence electrons. The summed E-state index contributed by atoms with van der Waals surface area (Å²) in [6.07, 6.45) is 3.43. The summed E-state index contributed by atoms with van der Waals surface area (Å²) < 4.78 is 0. The number of likely N-dealkylation sites (tertiary alicyclic amines) is 1. The molecular weight excluding hydrogens is 322 g/mol. The number of hydrogen-bond donors (Lipinski definition) is 3. The van der Waals surface area contributed by atoms with Crippen LogP contribution in [0.5, 0.6) is 0 Å². The lowest BCUT2D eigenvalue weighted by Crippen LogP contribution is -2.39. The van der Waals surface area contributed by atoms with Gasteiger partial charge in [0.2, 0.25) is 5.96 Å². The molecule has 0 atom stereocenters. The molecule has 0 radical (unpaired) electrons. The van der Waals surface area contributed by atoms with Crippen molar-refractivity contribution in [3.05, 3.63) is 59.9 Å². The fourth-order valence-electron chi connectivity index (χ4n) is 3.60. The molecule has 1 aliphatic heterocycles. The second-order valence-corrected chi connectivity index (χ2v) is 8.11. The number of nitrogens with zero attached hydrogens (tertiary/aromatic N) is 2. The van der Waals surface area contributed by atoms with Gasteiger partial charge in [0.25, 0.3) is 0 Å². The summed E-state index contributed by atoms with van der Waals surface area (Å²) in [5, 5.41) is 6.27. The molecule has 5 N–H and O–H groups in total. The van der Waals surface area contributed by atoms with E-state index >= 15 is 0 Å². The molecule has 0 amide bonds. The molecule has 0 aromatic heterocycles. The molecule has 1 fully saturated rings. The molecule has 1 aromatic carbocycles. The van der Waals surface area contributed by atoms with Crippen LogP contribution in [0, 0.1) is 5.92 Å². The van der Waals surface area contributed by atoms with Crippen molar-refractivity contribution in [1.82, 2.24) is 10.2 Å². The van der Waals surface area contributed by atoms with Gasteiger partial charge in [-0.15, -0.1) is 5.10 Å². The van der Waals surface area contributed by atoms with Crippen molar-refractivity contribution in [2.24, 2.45) is 22.6 Å². The number of rotatable bonds is 5. The molecule has 0 spiro atoms. The summed E-state index contributed by atoms with van der Waals surface area (Å²) in [5.41, 5.74) is 10.2. The second-order valence-electron chi connectivity index (χ2n) is 8.11. The fraction of sp³-hybridized carbons (Fsp3) is 0.476. The third-order valence-corrected chi connectivity index (χ3v) is 5.10. The van der Waals surface area contributed by atoms with E-state index in [1.54, 1.807) is 0 Å². The fourth-order valence-corrected chi connectivity index (χ4v) is 3.60. The number of guanidine groups is 1. The lowest BCUT2D eigenvalue weighted by molar-refractivity contribution is 0.228. The van der Waals surface area contributed by atoms with Gasteiger partial charge in [0, 0.05) is 13.1 Å². The molecule has 26 heavy (non-hydrogen) atoms. The molecule has 1 heterocycles. The van der Waals surface area contributed by atoms with Gasteiger partial charge in [0.15, 0.2) is 0 Å². The van der Waals surface area contributed by atoms with E-state index in [-0.39, 0.29) is 11.4 Å². The summed E-state index contributed by atoms with van der Waals surface area (Å²) in [5.74, 6) is 5.99. The third kappa shape index (κ3) is 5.04. The van der Waals surface area contributed by atoms with Gasteiger partial charge in [-0.25, -0.2) is 0 Å². The predicted molar refractivity (Wildman–Crippen MR) is 110 cm³/mol. The highest BCUT2D eigenvalue weighted by Gasteiger charge is 2.24. The van der Waals surface area contributed by atoms with E-state index in [9.17, 15) is 0 Å². The van der Waals surface area contributed by atoms with Crippen LogP contribution in [0.4, 0.5) is 0 Å². The Morgan fingerprint density at radius 2 is 1.85 bits per heavy atom. The molecule has 5 nitrogen and oxygen atoms in total. The van der Waals surface area contributed by atoms with Crippen LogP contribution in [0.15, 0.2) is 53.9 Å². The Kier molecular flexibility index (Phi) is 6.35. The monoisotopic (exact) mass is 355 g/mol. The summed E-state index contributed by atoms with van der Waals surface area (Å²) in [7, 11) is 0. The van der Waals surface area contributed by atoms with E-state index in [0.717, 1.165) is 38.0 Å². The van der Waals surface area contributed by atoms with E-state index in [1.165, 1.54) is 11.1 Å². The average Bonchev–Trinajstić information content (AvgIpc) is 2.61. The Morgan fingerprint density at radius 3 is 2.42 bits per heavy atom. The minimum absolute atomic E-state index is 0.143. The zero-order chi connectivity index (χ0) is 19.3. The van der Waals surface area contributed by atoms with Gasteiger partial charge in [0.1, 0.15) is 0 Å². The standard InChI is InChI=1S/C21H33N5/c1-15(24-20(22)25-23)16(2)26-12-10-17(11-13-26)14-18-8-6-7-9-19(18)21(3,4)5/h6-9,17H,1-2,10-14,23H2,3-5H3,(H3,22,24,25). The Balaban J connectivity index is 1.93. The molecule has 2 rings (SSSR count). The Hall–Kier alpha value is -2.43. The highest BCUT2D eigenvalue weighted by Crippen LogP contribution is 2.30.